The first-order valence-electron chi connectivity index (χ1n) is 7.19. The summed E-state index contributed by atoms with van der Waals surface area (Å²) in [5.41, 5.74) is 3.02. The molecule has 114 valence electrons. The van der Waals surface area contributed by atoms with Crippen LogP contribution in [0.25, 0.3) is 11.5 Å². The molecule has 3 rings (SSSR count). The van der Waals surface area contributed by atoms with Crippen LogP contribution in [0.15, 0.2) is 30.9 Å². The van der Waals surface area contributed by atoms with E-state index in [0.717, 1.165) is 36.1 Å². The molecule has 0 saturated heterocycles. The molecule has 3 aromatic rings. The molecule has 0 aromatic carbocycles. The normalized spacial score (nSPS) is 10.9. The van der Waals surface area contributed by atoms with E-state index in [0.29, 0.717) is 0 Å². The van der Waals surface area contributed by atoms with Crippen molar-refractivity contribution in [2.45, 2.75) is 20.4 Å². The molecule has 0 aliphatic carbocycles. The van der Waals surface area contributed by atoms with Gasteiger partial charge in [-0.25, -0.2) is 9.97 Å². The lowest BCUT2D eigenvalue weighted by Gasteiger charge is -2.08. The predicted octanol–water partition coefficient (Wildman–Crippen LogP) is 1.80. The van der Waals surface area contributed by atoms with Crippen molar-refractivity contribution in [1.82, 2.24) is 29.3 Å². The van der Waals surface area contributed by atoms with Crippen molar-refractivity contribution in [3.05, 3.63) is 42.2 Å². The molecule has 3 aromatic heterocycles. The van der Waals surface area contributed by atoms with Crippen LogP contribution in [0.4, 0.5) is 5.82 Å². The molecular weight excluding hydrogens is 278 g/mol. The second-order valence-electron chi connectivity index (χ2n) is 5.20. The molecule has 0 bridgehead atoms. The van der Waals surface area contributed by atoms with Gasteiger partial charge in [-0.3, -0.25) is 0 Å². The molecule has 0 unspecified atom stereocenters. The maximum absolute atomic E-state index is 4.29. The number of rotatable bonds is 5. The first kappa shape index (κ1) is 14.2. The van der Waals surface area contributed by atoms with Gasteiger partial charge in [0.15, 0.2) is 5.82 Å². The van der Waals surface area contributed by atoms with Gasteiger partial charge in [0.2, 0.25) is 0 Å². The average Bonchev–Trinajstić information content (AvgIpc) is 3.08. The van der Waals surface area contributed by atoms with E-state index in [-0.39, 0.29) is 0 Å². The monoisotopic (exact) mass is 297 g/mol. The molecule has 0 radical (unpaired) electrons. The Hall–Kier alpha value is -2.70. The van der Waals surface area contributed by atoms with Crippen molar-refractivity contribution in [3.63, 3.8) is 0 Å². The summed E-state index contributed by atoms with van der Waals surface area (Å²) in [5.74, 6) is 1.57. The number of aromatic nitrogens is 6. The van der Waals surface area contributed by atoms with Crippen LogP contribution in [0, 0.1) is 13.8 Å². The zero-order valence-corrected chi connectivity index (χ0v) is 13.0. The topological polar surface area (TPSA) is 73.5 Å². The van der Waals surface area contributed by atoms with Gasteiger partial charge in [0.05, 0.1) is 12.0 Å². The van der Waals surface area contributed by atoms with Crippen LogP contribution in [0.1, 0.15) is 11.4 Å². The van der Waals surface area contributed by atoms with Gasteiger partial charge in [0, 0.05) is 38.2 Å². The molecule has 0 saturated carbocycles. The fourth-order valence-electron chi connectivity index (χ4n) is 2.23. The fourth-order valence-corrected chi connectivity index (χ4v) is 2.23. The number of hydrogen-bond donors (Lipinski definition) is 1. The first-order chi connectivity index (χ1) is 10.6. The quantitative estimate of drug-likeness (QED) is 0.777. The van der Waals surface area contributed by atoms with Gasteiger partial charge in [0.1, 0.15) is 11.5 Å². The van der Waals surface area contributed by atoms with Crippen molar-refractivity contribution in [2.24, 2.45) is 7.05 Å². The third-order valence-electron chi connectivity index (χ3n) is 3.72. The van der Waals surface area contributed by atoms with Gasteiger partial charge in [-0.15, -0.1) is 10.2 Å². The Morgan fingerprint density at radius 2 is 2.00 bits per heavy atom. The third-order valence-corrected chi connectivity index (χ3v) is 3.72. The van der Waals surface area contributed by atoms with Crippen LogP contribution in [0.2, 0.25) is 0 Å². The standard InChI is InChI=1S/C15H19N7/c1-11-12(2)22(10-18-11)9-7-16-14-5-4-13(19-20-14)15-17-6-8-21(15)3/h4-6,8,10H,7,9H2,1-3H3,(H,16,20). The molecule has 1 N–H and O–H groups in total. The Morgan fingerprint density at radius 3 is 2.59 bits per heavy atom. The summed E-state index contributed by atoms with van der Waals surface area (Å²) in [6, 6.07) is 3.84. The molecular formula is C15H19N7. The third kappa shape index (κ3) is 2.83. The minimum Gasteiger partial charge on any atom is -0.367 e. The summed E-state index contributed by atoms with van der Waals surface area (Å²) >= 11 is 0. The number of hydrogen-bond acceptors (Lipinski definition) is 5. The highest BCUT2D eigenvalue weighted by Crippen LogP contribution is 2.14. The van der Waals surface area contributed by atoms with Gasteiger partial charge < -0.3 is 14.5 Å². The van der Waals surface area contributed by atoms with E-state index in [1.807, 2.05) is 43.2 Å². The summed E-state index contributed by atoms with van der Waals surface area (Å²) in [7, 11) is 1.94. The van der Waals surface area contributed by atoms with E-state index in [1.165, 1.54) is 5.69 Å². The lowest BCUT2D eigenvalue weighted by atomic mass is 10.3. The molecule has 0 atom stereocenters. The van der Waals surface area contributed by atoms with E-state index < -0.39 is 0 Å². The highest BCUT2D eigenvalue weighted by atomic mass is 15.2. The van der Waals surface area contributed by atoms with Crippen LogP contribution in [0.3, 0.4) is 0 Å². The molecule has 0 aliphatic rings. The Labute approximate surface area is 129 Å². The molecule has 7 heteroatoms. The summed E-state index contributed by atoms with van der Waals surface area (Å²) < 4.78 is 4.04. The van der Waals surface area contributed by atoms with Gasteiger partial charge in [-0.2, -0.15) is 0 Å². The predicted molar refractivity (Wildman–Crippen MR) is 84.4 cm³/mol. The number of aryl methyl sites for hydroxylation is 2. The minimum atomic E-state index is 0.757. The van der Waals surface area contributed by atoms with Crippen LogP contribution < -0.4 is 5.32 Å². The Balaban J connectivity index is 1.60. The zero-order chi connectivity index (χ0) is 15.5. The highest BCUT2D eigenvalue weighted by Gasteiger charge is 2.06. The number of imidazole rings is 2. The molecule has 0 spiro atoms. The van der Waals surface area contributed by atoms with E-state index >= 15 is 0 Å². The summed E-state index contributed by atoms with van der Waals surface area (Å²) in [6.07, 6.45) is 5.50. The lowest BCUT2D eigenvalue weighted by Crippen LogP contribution is -2.12. The van der Waals surface area contributed by atoms with Gasteiger partial charge >= 0.3 is 0 Å². The number of nitrogens with one attached hydrogen (secondary N) is 1. The lowest BCUT2D eigenvalue weighted by molar-refractivity contribution is 0.703. The second-order valence-corrected chi connectivity index (χ2v) is 5.20. The van der Waals surface area contributed by atoms with Gasteiger partial charge in [-0.1, -0.05) is 0 Å². The molecule has 7 nitrogen and oxygen atoms in total. The van der Waals surface area contributed by atoms with Crippen LogP contribution in [-0.4, -0.2) is 35.8 Å². The molecule has 0 amide bonds. The van der Waals surface area contributed by atoms with Gasteiger partial charge in [0.25, 0.3) is 0 Å². The fraction of sp³-hybridized carbons (Fsp3) is 0.333. The largest absolute Gasteiger partial charge is 0.367 e. The Bertz CT molecular complexity index is 755. The van der Waals surface area contributed by atoms with Crippen molar-refractivity contribution in [2.75, 3.05) is 11.9 Å². The average molecular weight is 297 g/mol. The number of anilines is 1. The summed E-state index contributed by atoms with van der Waals surface area (Å²) in [5, 5.41) is 11.7. The molecule has 0 aliphatic heterocycles. The van der Waals surface area contributed by atoms with Gasteiger partial charge in [-0.05, 0) is 26.0 Å². The smallest absolute Gasteiger partial charge is 0.160 e. The highest BCUT2D eigenvalue weighted by molar-refractivity contribution is 5.51. The zero-order valence-electron chi connectivity index (χ0n) is 13.0. The maximum atomic E-state index is 4.29. The van der Waals surface area contributed by atoms with E-state index in [1.54, 1.807) is 6.20 Å². The van der Waals surface area contributed by atoms with E-state index in [4.69, 9.17) is 0 Å². The summed E-state index contributed by atoms with van der Waals surface area (Å²) in [4.78, 5) is 8.55. The van der Waals surface area contributed by atoms with Crippen LogP contribution in [-0.2, 0) is 13.6 Å². The molecule has 0 fully saturated rings. The summed E-state index contributed by atoms with van der Waals surface area (Å²) in [6.45, 7) is 5.70. The SMILES string of the molecule is Cc1ncn(CCNc2ccc(-c3nccn3C)nn2)c1C. The van der Waals surface area contributed by atoms with Crippen molar-refractivity contribution in [1.29, 1.82) is 0 Å². The van der Waals surface area contributed by atoms with Crippen LogP contribution >= 0.6 is 0 Å². The molecule has 3 heterocycles. The minimum absolute atomic E-state index is 0.757. The maximum Gasteiger partial charge on any atom is 0.160 e. The molecule has 22 heavy (non-hydrogen) atoms. The Kier molecular flexibility index (Phi) is 3.86. The second kappa shape index (κ2) is 5.97. The first-order valence-corrected chi connectivity index (χ1v) is 7.19. The number of nitrogens with zero attached hydrogens (tertiary/aromatic N) is 6. The van der Waals surface area contributed by atoms with E-state index in [9.17, 15) is 0 Å². The van der Waals surface area contributed by atoms with Crippen LogP contribution in [0.5, 0.6) is 0 Å². The van der Waals surface area contributed by atoms with E-state index in [2.05, 4.69) is 37.0 Å². The van der Waals surface area contributed by atoms with Crippen molar-refractivity contribution < 1.29 is 0 Å². The van der Waals surface area contributed by atoms with Crippen molar-refractivity contribution in [3.8, 4) is 11.5 Å². The Morgan fingerprint density at radius 1 is 1.14 bits per heavy atom. The van der Waals surface area contributed by atoms with Crippen molar-refractivity contribution >= 4 is 5.82 Å².